The molecule has 9 heteroatoms. The van der Waals surface area contributed by atoms with E-state index in [9.17, 15) is 13.6 Å². The average Bonchev–Trinajstić information content (AvgIpc) is 3.11. The molecule has 2 unspecified atom stereocenters. The lowest BCUT2D eigenvalue weighted by atomic mass is 9.88. The van der Waals surface area contributed by atoms with E-state index in [1.165, 1.54) is 10.9 Å². The minimum atomic E-state index is -2.50. The summed E-state index contributed by atoms with van der Waals surface area (Å²) in [5.74, 6) is 1.02. The summed E-state index contributed by atoms with van der Waals surface area (Å²) < 4.78 is 26.4. The number of carbonyl (C=O) groups excluding carboxylic acids is 1. The van der Waals surface area contributed by atoms with E-state index in [1.807, 2.05) is 4.90 Å². The van der Waals surface area contributed by atoms with Crippen LogP contribution in [0.2, 0.25) is 0 Å². The molecule has 2 aromatic rings. The molecule has 2 aliphatic heterocycles. The second-order valence-electron chi connectivity index (χ2n) is 6.00. The summed E-state index contributed by atoms with van der Waals surface area (Å²) in [6, 6.07) is 0. The van der Waals surface area contributed by atoms with Gasteiger partial charge in [-0.1, -0.05) is 0 Å². The number of rotatable bonds is 3. The number of amides is 1. The highest BCUT2D eigenvalue weighted by Gasteiger charge is 2.39. The first-order chi connectivity index (χ1) is 11.1. The number of hydrogen-bond donors (Lipinski definition) is 1. The number of nitrogens with one attached hydrogen (secondary N) is 1. The quantitative estimate of drug-likeness (QED) is 0.898. The van der Waals surface area contributed by atoms with Crippen molar-refractivity contribution in [3.05, 3.63) is 12.4 Å². The lowest BCUT2D eigenvalue weighted by Gasteiger charge is -2.33. The molecule has 2 fully saturated rings. The van der Waals surface area contributed by atoms with Crippen molar-refractivity contribution < 1.29 is 13.6 Å². The lowest BCUT2D eigenvalue weighted by Crippen LogP contribution is -2.42. The maximum Gasteiger partial charge on any atom is 0.258 e. The average molecular weight is 322 g/mol. The Kier molecular flexibility index (Phi) is 3.35. The molecule has 0 bridgehead atoms. The lowest BCUT2D eigenvalue weighted by molar-refractivity contribution is -0.122. The van der Waals surface area contributed by atoms with Crippen LogP contribution in [0.25, 0.3) is 11.2 Å². The van der Waals surface area contributed by atoms with Gasteiger partial charge in [0.25, 0.3) is 6.43 Å². The van der Waals surface area contributed by atoms with E-state index in [4.69, 9.17) is 0 Å². The molecular weight excluding hydrogens is 306 g/mol. The highest BCUT2D eigenvalue weighted by atomic mass is 19.3. The second kappa shape index (κ2) is 5.39. The first-order valence-electron chi connectivity index (χ1n) is 7.61. The summed E-state index contributed by atoms with van der Waals surface area (Å²) in [4.78, 5) is 22.6. The van der Waals surface area contributed by atoms with Crippen molar-refractivity contribution in [3.63, 3.8) is 0 Å². The van der Waals surface area contributed by atoms with Crippen LogP contribution in [-0.2, 0) is 11.3 Å². The number of alkyl halides is 2. The Morgan fingerprint density at radius 3 is 3.09 bits per heavy atom. The van der Waals surface area contributed by atoms with Gasteiger partial charge >= 0.3 is 0 Å². The van der Waals surface area contributed by atoms with E-state index in [2.05, 4.69) is 20.4 Å². The van der Waals surface area contributed by atoms with Gasteiger partial charge in [-0.3, -0.25) is 4.79 Å². The molecule has 0 aliphatic carbocycles. The van der Waals surface area contributed by atoms with Gasteiger partial charge in [-0.15, -0.1) is 0 Å². The summed E-state index contributed by atoms with van der Waals surface area (Å²) in [5, 5.41) is 6.81. The molecular formula is C14H16F2N6O. The monoisotopic (exact) mass is 322 g/mol. The molecule has 23 heavy (non-hydrogen) atoms. The van der Waals surface area contributed by atoms with E-state index in [1.54, 1.807) is 6.20 Å². The van der Waals surface area contributed by atoms with Gasteiger partial charge in [-0.25, -0.2) is 23.4 Å². The standard InChI is InChI=1S/C14H16F2N6O/c15-11(16)7-22-13-10(4-19-22)17-5-12(20-13)21-2-1-8-3-18-14(23)9(8)6-21/h4-5,8-9,11H,1-3,6-7H2,(H,18,23). The molecule has 2 aliphatic rings. The van der Waals surface area contributed by atoms with Gasteiger partial charge in [0, 0.05) is 19.6 Å². The third-order valence-electron chi connectivity index (χ3n) is 4.60. The number of hydrogen-bond acceptors (Lipinski definition) is 5. The number of fused-ring (bicyclic) bond motifs is 2. The summed E-state index contributed by atoms with van der Waals surface area (Å²) in [6.07, 6.45) is 1.45. The number of aromatic nitrogens is 4. The molecule has 0 radical (unpaired) electrons. The molecule has 1 amide bonds. The van der Waals surface area contributed by atoms with Gasteiger partial charge < -0.3 is 10.2 Å². The van der Waals surface area contributed by atoms with Crippen LogP contribution < -0.4 is 10.2 Å². The van der Waals surface area contributed by atoms with Crippen LogP contribution in [0.15, 0.2) is 12.4 Å². The topological polar surface area (TPSA) is 75.9 Å². The molecule has 4 rings (SSSR count). The maximum absolute atomic E-state index is 12.6. The minimum Gasteiger partial charge on any atom is -0.355 e. The van der Waals surface area contributed by atoms with Crippen LogP contribution in [0.5, 0.6) is 0 Å². The van der Waals surface area contributed by atoms with Crippen LogP contribution in [0.1, 0.15) is 6.42 Å². The molecule has 0 aromatic carbocycles. The van der Waals surface area contributed by atoms with Crippen LogP contribution in [0, 0.1) is 11.8 Å². The number of piperidine rings is 1. The van der Waals surface area contributed by atoms with E-state index < -0.39 is 13.0 Å². The zero-order valence-electron chi connectivity index (χ0n) is 12.3. The van der Waals surface area contributed by atoms with E-state index in [0.29, 0.717) is 29.4 Å². The third-order valence-corrected chi connectivity index (χ3v) is 4.60. The number of carbonyl (C=O) groups is 1. The van der Waals surface area contributed by atoms with Crippen molar-refractivity contribution in [2.45, 2.75) is 19.4 Å². The second-order valence-corrected chi connectivity index (χ2v) is 6.00. The predicted molar refractivity (Wildman–Crippen MR) is 78.1 cm³/mol. The molecule has 2 saturated heterocycles. The summed E-state index contributed by atoms with van der Waals surface area (Å²) in [6.45, 7) is 1.59. The normalized spacial score (nSPS) is 24.3. The molecule has 0 saturated carbocycles. The van der Waals surface area contributed by atoms with Crippen molar-refractivity contribution in [3.8, 4) is 0 Å². The van der Waals surface area contributed by atoms with Crippen LogP contribution in [0.4, 0.5) is 14.6 Å². The smallest absolute Gasteiger partial charge is 0.258 e. The molecule has 4 heterocycles. The van der Waals surface area contributed by atoms with Crippen molar-refractivity contribution in [2.24, 2.45) is 11.8 Å². The molecule has 122 valence electrons. The summed E-state index contributed by atoms with van der Waals surface area (Å²) >= 11 is 0. The Labute approximate surface area is 130 Å². The van der Waals surface area contributed by atoms with Gasteiger partial charge in [0.05, 0.1) is 18.3 Å². The van der Waals surface area contributed by atoms with Crippen molar-refractivity contribution in [1.82, 2.24) is 25.1 Å². The van der Waals surface area contributed by atoms with Crippen LogP contribution >= 0.6 is 0 Å². The van der Waals surface area contributed by atoms with Crippen LogP contribution in [0.3, 0.4) is 0 Å². The molecule has 2 aromatic heterocycles. The van der Waals surface area contributed by atoms with Gasteiger partial charge in [-0.05, 0) is 12.3 Å². The van der Waals surface area contributed by atoms with E-state index in [-0.39, 0.29) is 11.8 Å². The van der Waals surface area contributed by atoms with Crippen molar-refractivity contribution in [2.75, 3.05) is 24.5 Å². The maximum atomic E-state index is 12.6. The number of nitrogens with zero attached hydrogens (tertiary/aromatic N) is 5. The Hall–Kier alpha value is -2.32. The Balaban J connectivity index is 1.62. The van der Waals surface area contributed by atoms with Gasteiger partial charge in [0.15, 0.2) is 5.65 Å². The fourth-order valence-electron chi connectivity index (χ4n) is 3.37. The largest absolute Gasteiger partial charge is 0.355 e. The Morgan fingerprint density at radius 2 is 2.26 bits per heavy atom. The first-order valence-corrected chi connectivity index (χ1v) is 7.61. The predicted octanol–water partition coefficient (Wildman–Crippen LogP) is 0.664. The van der Waals surface area contributed by atoms with Crippen molar-refractivity contribution in [1.29, 1.82) is 0 Å². The fraction of sp³-hybridized carbons (Fsp3) is 0.571. The summed E-state index contributed by atoms with van der Waals surface area (Å²) in [7, 11) is 0. The van der Waals surface area contributed by atoms with E-state index in [0.717, 1.165) is 19.5 Å². The molecule has 7 nitrogen and oxygen atoms in total. The highest BCUT2D eigenvalue weighted by molar-refractivity contribution is 5.82. The van der Waals surface area contributed by atoms with Gasteiger partial charge in [0.1, 0.15) is 17.9 Å². The summed E-state index contributed by atoms with van der Waals surface area (Å²) in [5.41, 5.74) is 0.837. The first kappa shape index (κ1) is 14.3. The SMILES string of the molecule is O=C1NCC2CCN(c3cnc4cnn(CC(F)F)c4n3)CC12. The molecule has 1 N–H and O–H groups in total. The van der Waals surface area contributed by atoms with Crippen LogP contribution in [-0.4, -0.2) is 51.7 Å². The highest BCUT2D eigenvalue weighted by Crippen LogP contribution is 2.30. The van der Waals surface area contributed by atoms with Gasteiger partial charge in [0.2, 0.25) is 5.91 Å². The number of anilines is 1. The number of halogens is 2. The van der Waals surface area contributed by atoms with Gasteiger partial charge in [-0.2, -0.15) is 5.10 Å². The molecule has 2 atom stereocenters. The minimum absolute atomic E-state index is 0.0350. The van der Waals surface area contributed by atoms with Crippen molar-refractivity contribution >= 4 is 22.9 Å². The third kappa shape index (κ3) is 2.49. The zero-order valence-corrected chi connectivity index (χ0v) is 12.3. The Morgan fingerprint density at radius 1 is 1.39 bits per heavy atom. The Bertz CT molecular complexity index is 748. The van der Waals surface area contributed by atoms with E-state index >= 15 is 0 Å². The molecule has 0 spiro atoms. The fourth-order valence-corrected chi connectivity index (χ4v) is 3.37. The zero-order chi connectivity index (χ0) is 16.0.